The molecule has 0 spiro atoms. The highest BCUT2D eigenvalue weighted by Crippen LogP contribution is 2.26. The lowest BCUT2D eigenvalue weighted by atomic mass is 9.85. The van der Waals surface area contributed by atoms with Crippen molar-refractivity contribution in [1.29, 1.82) is 0 Å². The second-order valence-electron chi connectivity index (χ2n) is 8.39. The third-order valence-electron chi connectivity index (χ3n) is 5.03. The van der Waals surface area contributed by atoms with Gasteiger partial charge in [0.25, 0.3) is 0 Å². The predicted molar refractivity (Wildman–Crippen MR) is 109 cm³/mol. The van der Waals surface area contributed by atoms with Crippen LogP contribution in [-0.2, 0) is 30.4 Å². The number of hydrogen-bond acceptors (Lipinski definition) is 8. The van der Waals surface area contributed by atoms with E-state index in [-0.39, 0.29) is 44.2 Å². The van der Waals surface area contributed by atoms with Crippen molar-refractivity contribution >= 4 is 17.8 Å². The van der Waals surface area contributed by atoms with Crippen molar-refractivity contribution in [3.8, 4) is 0 Å². The highest BCUT2D eigenvalue weighted by Gasteiger charge is 2.43. The van der Waals surface area contributed by atoms with Crippen LogP contribution in [0.5, 0.6) is 0 Å². The fourth-order valence-electron chi connectivity index (χ4n) is 3.35. The van der Waals surface area contributed by atoms with Crippen LogP contribution in [0.4, 0.5) is 0 Å². The van der Waals surface area contributed by atoms with Crippen LogP contribution >= 0.6 is 0 Å². The molecule has 1 fully saturated rings. The standard InChI is InChI=1S/C21H31N3O7/c1-21(2,10-18(27)30-3)9-17(26)24-12-15-20(29)19(28)14(31-15)8-16(25)23-11-13-6-4-5-7-22-13/h4-7,14-15,19-20,28-29H,8-12H2,1-3H3,(H,23,25)(H,24,26)/t14-,15+,19?,20+/m0/s1. The Balaban J connectivity index is 1.77. The molecule has 172 valence electrons. The number of ether oxygens (including phenoxy) is 2. The Morgan fingerprint density at radius 2 is 1.81 bits per heavy atom. The minimum Gasteiger partial charge on any atom is -0.469 e. The van der Waals surface area contributed by atoms with E-state index >= 15 is 0 Å². The van der Waals surface area contributed by atoms with E-state index in [0.717, 1.165) is 0 Å². The lowest BCUT2D eigenvalue weighted by molar-refractivity contribution is -0.143. The summed E-state index contributed by atoms with van der Waals surface area (Å²) in [6, 6.07) is 5.36. The number of aliphatic hydroxyl groups excluding tert-OH is 2. The molecule has 4 N–H and O–H groups in total. The first kappa shape index (κ1) is 24.7. The molecule has 0 saturated carbocycles. The van der Waals surface area contributed by atoms with Gasteiger partial charge < -0.3 is 30.3 Å². The number of rotatable bonds is 10. The number of methoxy groups -OCH3 is 1. The predicted octanol–water partition coefficient (Wildman–Crippen LogP) is -0.327. The van der Waals surface area contributed by atoms with Gasteiger partial charge in [0.15, 0.2) is 0 Å². The number of nitrogens with zero attached hydrogens (tertiary/aromatic N) is 1. The normalized spacial score (nSPS) is 23.3. The van der Waals surface area contributed by atoms with Gasteiger partial charge in [0.05, 0.1) is 38.3 Å². The van der Waals surface area contributed by atoms with Crippen molar-refractivity contribution in [2.75, 3.05) is 13.7 Å². The smallest absolute Gasteiger partial charge is 0.306 e. The molecule has 1 aromatic heterocycles. The van der Waals surface area contributed by atoms with Crippen LogP contribution in [0.25, 0.3) is 0 Å². The number of carbonyl (C=O) groups excluding carboxylic acids is 3. The molecule has 4 atom stereocenters. The quantitative estimate of drug-likeness (QED) is 0.364. The van der Waals surface area contributed by atoms with Crippen LogP contribution in [0.15, 0.2) is 24.4 Å². The molecule has 0 aromatic carbocycles. The molecule has 1 aromatic rings. The van der Waals surface area contributed by atoms with Crippen molar-refractivity contribution in [1.82, 2.24) is 15.6 Å². The zero-order chi connectivity index (χ0) is 23.0. The van der Waals surface area contributed by atoms with Crippen molar-refractivity contribution < 1.29 is 34.1 Å². The molecular formula is C21H31N3O7. The Labute approximate surface area is 181 Å². The molecule has 10 nitrogen and oxygen atoms in total. The summed E-state index contributed by atoms with van der Waals surface area (Å²) in [5.41, 5.74) is 0.0968. The van der Waals surface area contributed by atoms with E-state index in [1.54, 1.807) is 32.2 Å². The Kier molecular flexibility index (Phi) is 8.90. The fraction of sp³-hybridized carbons (Fsp3) is 0.619. The number of amides is 2. The highest BCUT2D eigenvalue weighted by atomic mass is 16.5. The fourth-order valence-corrected chi connectivity index (χ4v) is 3.35. The van der Waals surface area contributed by atoms with Gasteiger partial charge in [-0.3, -0.25) is 19.4 Å². The first-order chi connectivity index (χ1) is 14.6. The first-order valence-corrected chi connectivity index (χ1v) is 10.1. The second-order valence-corrected chi connectivity index (χ2v) is 8.39. The number of hydrogen-bond donors (Lipinski definition) is 4. The number of carbonyl (C=O) groups is 3. The van der Waals surface area contributed by atoms with E-state index in [2.05, 4.69) is 20.4 Å². The SMILES string of the molecule is COC(=O)CC(C)(C)CC(=O)NC[C@H]1O[C@@H](CC(=O)NCc2ccccn2)C(O)[C@@H]1O. The maximum absolute atomic E-state index is 12.2. The van der Waals surface area contributed by atoms with E-state index in [4.69, 9.17) is 4.74 Å². The van der Waals surface area contributed by atoms with Crippen LogP contribution in [0.3, 0.4) is 0 Å². The second kappa shape index (κ2) is 11.2. The molecule has 0 radical (unpaired) electrons. The van der Waals surface area contributed by atoms with Crippen LogP contribution in [0.2, 0.25) is 0 Å². The topological polar surface area (TPSA) is 147 Å². The summed E-state index contributed by atoms with van der Waals surface area (Å²) in [6.45, 7) is 3.75. The van der Waals surface area contributed by atoms with Gasteiger partial charge in [0, 0.05) is 19.2 Å². The van der Waals surface area contributed by atoms with Crippen molar-refractivity contribution in [2.45, 2.75) is 64.1 Å². The van der Waals surface area contributed by atoms with Crippen molar-refractivity contribution in [3.63, 3.8) is 0 Å². The third-order valence-corrected chi connectivity index (χ3v) is 5.03. The van der Waals surface area contributed by atoms with Gasteiger partial charge in [-0.1, -0.05) is 19.9 Å². The first-order valence-electron chi connectivity index (χ1n) is 10.1. The minimum atomic E-state index is -1.25. The van der Waals surface area contributed by atoms with Gasteiger partial charge in [0.1, 0.15) is 18.3 Å². The molecule has 2 amide bonds. The maximum Gasteiger partial charge on any atom is 0.306 e. The van der Waals surface area contributed by atoms with Crippen LogP contribution in [0.1, 0.15) is 38.8 Å². The molecule has 0 aliphatic carbocycles. The van der Waals surface area contributed by atoms with E-state index in [1.165, 1.54) is 7.11 Å². The summed E-state index contributed by atoms with van der Waals surface area (Å²) in [4.78, 5) is 39.9. The van der Waals surface area contributed by atoms with E-state index < -0.39 is 35.8 Å². The largest absolute Gasteiger partial charge is 0.469 e. The monoisotopic (exact) mass is 437 g/mol. The molecule has 1 unspecified atom stereocenters. The number of aromatic nitrogens is 1. The Hall–Kier alpha value is -2.56. The molecule has 0 bridgehead atoms. The average Bonchev–Trinajstić information content (AvgIpc) is 2.98. The Morgan fingerprint density at radius 1 is 1.10 bits per heavy atom. The summed E-state index contributed by atoms with van der Waals surface area (Å²) in [6.07, 6.45) is -2.58. The molecule has 2 rings (SSSR count). The van der Waals surface area contributed by atoms with Crippen molar-refractivity contribution in [2.24, 2.45) is 5.41 Å². The summed E-state index contributed by atoms with van der Waals surface area (Å²) >= 11 is 0. The van der Waals surface area contributed by atoms with Crippen LogP contribution < -0.4 is 10.6 Å². The summed E-state index contributed by atoms with van der Waals surface area (Å²) < 4.78 is 10.2. The van der Waals surface area contributed by atoms with Gasteiger partial charge in [0.2, 0.25) is 11.8 Å². The zero-order valence-electron chi connectivity index (χ0n) is 18.0. The Morgan fingerprint density at radius 3 is 2.45 bits per heavy atom. The van der Waals surface area contributed by atoms with Gasteiger partial charge in [-0.15, -0.1) is 0 Å². The van der Waals surface area contributed by atoms with Gasteiger partial charge >= 0.3 is 5.97 Å². The molecular weight excluding hydrogens is 406 g/mol. The summed E-state index contributed by atoms with van der Waals surface area (Å²) in [5, 5.41) is 25.8. The number of aliphatic hydroxyl groups is 2. The van der Waals surface area contributed by atoms with Crippen LogP contribution in [-0.4, -0.2) is 71.1 Å². The van der Waals surface area contributed by atoms with Gasteiger partial charge in [-0.05, 0) is 17.5 Å². The van der Waals surface area contributed by atoms with E-state index in [0.29, 0.717) is 5.69 Å². The number of pyridine rings is 1. The summed E-state index contributed by atoms with van der Waals surface area (Å²) in [5.74, 6) is -1.08. The molecule has 10 heteroatoms. The number of esters is 1. The van der Waals surface area contributed by atoms with Gasteiger partial charge in [-0.2, -0.15) is 0 Å². The average molecular weight is 437 g/mol. The highest BCUT2D eigenvalue weighted by molar-refractivity contribution is 5.78. The van der Waals surface area contributed by atoms with Crippen LogP contribution in [0, 0.1) is 5.41 Å². The zero-order valence-corrected chi connectivity index (χ0v) is 18.0. The molecule has 2 heterocycles. The van der Waals surface area contributed by atoms with E-state index in [9.17, 15) is 24.6 Å². The molecule has 31 heavy (non-hydrogen) atoms. The lowest BCUT2D eigenvalue weighted by Gasteiger charge is -2.23. The van der Waals surface area contributed by atoms with E-state index in [1.807, 2.05) is 6.07 Å². The van der Waals surface area contributed by atoms with Gasteiger partial charge in [-0.25, -0.2) is 0 Å². The minimum absolute atomic E-state index is 0.0303. The lowest BCUT2D eigenvalue weighted by Crippen LogP contribution is -2.41. The molecule has 1 aliphatic heterocycles. The third kappa shape index (κ3) is 7.89. The molecule has 1 saturated heterocycles. The van der Waals surface area contributed by atoms with Crippen molar-refractivity contribution in [3.05, 3.63) is 30.1 Å². The maximum atomic E-state index is 12.2. The summed E-state index contributed by atoms with van der Waals surface area (Å²) in [7, 11) is 1.29. The Bertz CT molecular complexity index is 757. The molecule has 1 aliphatic rings. The number of nitrogens with one attached hydrogen (secondary N) is 2.